The third kappa shape index (κ3) is 11.2. The fourth-order valence-electron chi connectivity index (χ4n) is 7.08. The topological polar surface area (TPSA) is 149 Å². The second-order valence-corrected chi connectivity index (χ2v) is 16.1. The van der Waals surface area contributed by atoms with Crippen LogP contribution in [0.5, 0.6) is 0 Å². The Hall–Kier alpha value is -2.59. The quantitative estimate of drug-likeness (QED) is 0.204. The number of carbonyl (C=O) groups is 2. The number of aliphatic hydroxyl groups is 2. The van der Waals surface area contributed by atoms with Crippen molar-refractivity contribution in [2.24, 2.45) is 4.99 Å². The Morgan fingerprint density at radius 2 is 1.62 bits per heavy atom. The Kier molecular flexibility index (Phi) is 14.3. The molecule has 11 nitrogen and oxygen atoms in total. The molecule has 0 saturated carbocycles. The van der Waals surface area contributed by atoms with E-state index in [9.17, 15) is 36.3 Å². The van der Waals surface area contributed by atoms with Crippen LogP contribution in [0.3, 0.4) is 0 Å². The molecule has 1 aromatic carbocycles. The molecule has 2 amide bonds. The van der Waals surface area contributed by atoms with Crippen LogP contribution in [0, 0.1) is 13.8 Å². The maximum atomic E-state index is 13.4. The smallest absolute Gasteiger partial charge is 0.389 e. The van der Waals surface area contributed by atoms with Crippen LogP contribution < -0.4 is 5.32 Å². The van der Waals surface area contributed by atoms with E-state index >= 15 is 0 Å². The van der Waals surface area contributed by atoms with Gasteiger partial charge in [0.1, 0.15) is 17.5 Å². The Morgan fingerprint density at radius 3 is 2.22 bits per heavy atom. The van der Waals surface area contributed by atoms with Crippen molar-refractivity contribution in [3.05, 3.63) is 34.4 Å². The van der Waals surface area contributed by atoms with Crippen LogP contribution in [-0.4, -0.2) is 115 Å². The Bertz CT molecular complexity index is 1430. The number of amidine groups is 1. The van der Waals surface area contributed by atoms with Crippen molar-refractivity contribution in [1.29, 1.82) is 0 Å². The first-order chi connectivity index (χ1) is 23.6. The van der Waals surface area contributed by atoms with Gasteiger partial charge in [0.15, 0.2) is 0 Å². The predicted octanol–water partition coefficient (Wildman–Crippen LogP) is 4.20. The Labute approximate surface area is 293 Å². The van der Waals surface area contributed by atoms with Gasteiger partial charge in [0, 0.05) is 44.6 Å². The number of benzene rings is 1. The van der Waals surface area contributed by atoms with Gasteiger partial charge in [-0.15, -0.1) is 0 Å². The number of ether oxygens (including phenoxy) is 1. The molecule has 3 aliphatic heterocycles. The van der Waals surface area contributed by atoms with Crippen molar-refractivity contribution in [1.82, 2.24) is 14.5 Å². The molecule has 2 fully saturated rings. The molecule has 1 atom stereocenters. The first-order valence-corrected chi connectivity index (χ1v) is 19.5. The zero-order valence-electron chi connectivity index (χ0n) is 29.3. The monoisotopic (exact) mass is 730 g/mol. The van der Waals surface area contributed by atoms with Crippen molar-refractivity contribution in [2.45, 2.75) is 121 Å². The van der Waals surface area contributed by atoms with E-state index < -0.39 is 34.3 Å². The summed E-state index contributed by atoms with van der Waals surface area (Å²) in [5.41, 5.74) is 2.18. The number of aliphatic hydroxyl groups excluding tert-OH is 2. The largest absolute Gasteiger partial charge is 0.394 e. The predicted molar refractivity (Wildman–Crippen MR) is 183 cm³/mol. The average molecular weight is 731 g/mol. The molecule has 0 aliphatic carbocycles. The molecule has 0 radical (unpaired) electrons. The zero-order valence-corrected chi connectivity index (χ0v) is 30.1. The van der Waals surface area contributed by atoms with Crippen molar-refractivity contribution >= 4 is 27.7 Å². The van der Waals surface area contributed by atoms with E-state index in [0.717, 1.165) is 42.4 Å². The van der Waals surface area contributed by atoms with Gasteiger partial charge in [-0.25, -0.2) is 12.7 Å². The highest BCUT2D eigenvalue weighted by molar-refractivity contribution is 7.89. The van der Waals surface area contributed by atoms with E-state index in [1.807, 2.05) is 26.0 Å². The standard InChI is InChI=1S/C35H53F3N4O7S/c1-25-21-27(32(45)41-16-10-29(11-17-41)49-24-28(44)23-43)22-26(2)30(25)12-20-50(47,48)42-18-14-34(15-19-42)33(46)39-31(40-34)9-7-5-3-4-6-8-13-35(36,37)38/h21-22,28-29,43-44H,3-20,23-24H2,1-2H3,(H,39,40,46)/t28-/m1/s1. The van der Waals surface area contributed by atoms with Gasteiger partial charge in [-0.1, -0.05) is 25.7 Å². The van der Waals surface area contributed by atoms with Crippen molar-refractivity contribution in [3.8, 4) is 0 Å². The lowest BCUT2D eigenvalue weighted by atomic mass is 9.89. The lowest BCUT2D eigenvalue weighted by Gasteiger charge is -2.34. The van der Waals surface area contributed by atoms with Crippen LogP contribution in [0.4, 0.5) is 13.2 Å². The summed E-state index contributed by atoms with van der Waals surface area (Å²) in [5.74, 6) is 0.217. The summed E-state index contributed by atoms with van der Waals surface area (Å²) in [7, 11) is -3.61. The number of aryl methyl sites for hydroxylation is 2. The summed E-state index contributed by atoms with van der Waals surface area (Å²) < 4.78 is 70.7. The number of aliphatic imine (C=N–C) groups is 1. The van der Waals surface area contributed by atoms with Gasteiger partial charge < -0.3 is 25.2 Å². The van der Waals surface area contributed by atoms with Gasteiger partial charge >= 0.3 is 6.18 Å². The number of rotatable bonds is 17. The summed E-state index contributed by atoms with van der Waals surface area (Å²) in [4.78, 5) is 32.7. The molecule has 3 N–H and O–H groups in total. The van der Waals surface area contributed by atoms with E-state index in [1.54, 1.807) is 4.90 Å². The van der Waals surface area contributed by atoms with Gasteiger partial charge in [0.2, 0.25) is 10.0 Å². The van der Waals surface area contributed by atoms with Crippen molar-refractivity contribution in [3.63, 3.8) is 0 Å². The number of amides is 2. The molecular weight excluding hydrogens is 677 g/mol. The second-order valence-electron chi connectivity index (χ2n) is 14.0. The highest BCUT2D eigenvalue weighted by Crippen LogP contribution is 2.32. The lowest BCUT2D eigenvalue weighted by Crippen LogP contribution is -2.50. The van der Waals surface area contributed by atoms with Crippen molar-refractivity contribution in [2.75, 3.05) is 45.1 Å². The molecular formula is C35H53F3N4O7S. The molecule has 3 aliphatic rings. The van der Waals surface area contributed by atoms with Crippen LogP contribution in [0.15, 0.2) is 17.1 Å². The number of likely N-dealkylation sites (tertiary alicyclic amines) is 1. The fraction of sp³-hybridized carbons (Fsp3) is 0.743. The zero-order chi connectivity index (χ0) is 36.5. The van der Waals surface area contributed by atoms with Gasteiger partial charge in [0.25, 0.3) is 11.8 Å². The summed E-state index contributed by atoms with van der Waals surface area (Å²) >= 11 is 0. The number of carbonyl (C=O) groups excluding carboxylic acids is 2. The van der Waals surface area contributed by atoms with Gasteiger partial charge in [0.05, 0.1) is 25.1 Å². The summed E-state index contributed by atoms with van der Waals surface area (Å²) in [6, 6.07) is 3.63. The minimum atomic E-state index is -4.10. The molecule has 4 rings (SSSR count). The number of piperidine rings is 2. The number of alkyl halides is 3. The number of hydrogen-bond donors (Lipinski definition) is 3. The van der Waals surface area contributed by atoms with Gasteiger partial charge in [-0.05, 0) is 87.6 Å². The minimum Gasteiger partial charge on any atom is -0.394 e. The molecule has 0 unspecified atom stereocenters. The summed E-state index contributed by atoms with van der Waals surface area (Å²) in [6.07, 6.45) is 0.771. The molecule has 2 saturated heterocycles. The first kappa shape index (κ1) is 40.2. The number of unbranched alkanes of at least 4 members (excludes halogenated alkanes) is 5. The summed E-state index contributed by atoms with van der Waals surface area (Å²) in [6.45, 7) is 4.89. The third-order valence-electron chi connectivity index (χ3n) is 10.1. The lowest BCUT2D eigenvalue weighted by molar-refractivity contribution is -0.135. The average Bonchev–Trinajstić information content (AvgIpc) is 3.37. The molecule has 15 heteroatoms. The van der Waals surface area contributed by atoms with Crippen LogP contribution in [0.2, 0.25) is 0 Å². The minimum absolute atomic E-state index is 0.0578. The van der Waals surface area contributed by atoms with Gasteiger partial charge in [-0.2, -0.15) is 13.2 Å². The molecule has 1 aromatic rings. The SMILES string of the molecule is Cc1cc(C(=O)N2CCC(OC[C@H](O)CO)CC2)cc(C)c1CCS(=O)(=O)N1CCC2(CC1)N=C(CCCCCCCCC(F)(F)F)NC2=O. The van der Waals surface area contributed by atoms with E-state index in [4.69, 9.17) is 14.8 Å². The third-order valence-corrected chi connectivity index (χ3v) is 12.0. The summed E-state index contributed by atoms with van der Waals surface area (Å²) in [5, 5.41) is 21.3. The van der Waals surface area contributed by atoms with E-state index in [0.29, 0.717) is 69.4 Å². The molecule has 0 bridgehead atoms. The number of sulfonamides is 1. The Morgan fingerprint density at radius 1 is 1.02 bits per heavy atom. The molecule has 282 valence electrons. The van der Waals surface area contributed by atoms with Crippen LogP contribution in [0.25, 0.3) is 0 Å². The number of halogens is 3. The highest BCUT2D eigenvalue weighted by atomic mass is 32.2. The van der Waals surface area contributed by atoms with Crippen molar-refractivity contribution < 1.29 is 46.1 Å². The molecule has 50 heavy (non-hydrogen) atoms. The number of hydrogen-bond acceptors (Lipinski definition) is 8. The van der Waals surface area contributed by atoms with Crippen LogP contribution in [-0.2, 0) is 26.0 Å². The van der Waals surface area contributed by atoms with E-state index in [1.165, 1.54) is 4.31 Å². The van der Waals surface area contributed by atoms with E-state index in [2.05, 4.69) is 5.32 Å². The molecule has 3 heterocycles. The second kappa shape index (κ2) is 17.8. The maximum absolute atomic E-state index is 13.4. The normalized spacial score (nSPS) is 19.5. The first-order valence-electron chi connectivity index (χ1n) is 17.9. The molecule has 0 aromatic heterocycles. The van der Waals surface area contributed by atoms with Crippen LogP contribution >= 0.6 is 0 Å². The Balaban J connectivity index is 1.22. The number of nitrogens with zero attached hydrogens (tertiary/aromatic N) is 3. The number of nitrogens with one attached hydrogen (secondary N) is 1. The maximum Gasteiger partial charge on any atom is 0.389 e. The highest BCUT2D eigenvalue weighted by Gasteiger charge is 2.47. The van der Waals surface area contributed by atoms with Gasteiger partial charge in [-0.3, -0.25) is 14.6 Å². The van der Waals surface area contributed by atoms with E-state index in [-0.39, 0.29) is 56.4 Å². The van der Waals surface area contributed by atoms with Crippen LogP contribution in [0.1, 0.15) is 104 Å². The fourth-order valence-corrected chi connectivity index (χ4v) is 8.54. The molecule has 1 spiro atoms.